The number of rotatable bonds is 4. The van der Waals surface area contributed by atoms with Gasteiger partial charge in [-0.2, -0.15) is 0 Å². The van der Waals surface area contributed by atoms with Crippen LogP contribution in [-0.4, -0.2) is 8.07 Å². The Morgan fingerprint density at radius 3 is 1.50 bits per heavy atom. The van der Waals surface area contributed by atoms with E-state index in [-0.39, 0.29) is 0 Å². The summed E-state index contributed by atoms with van der Waals surface area (Å²) in [5.41, 5.74) is 14.4. The molecule has 60 heavy (non-hydrogen) atoms. The Bertz CT molecular complexity index is 3560. The highest BCUT2D eigenvalue weighted by Gasteiger charge is 2.39. The standard InChI is InChI=1S/C59H42Si/c1-37-43(48-28-14-22-39-17-8-11-25-45(39)48)32-33-51-57(37)58(41-19-5-4-6-20-41)54-36-56-52(35-53(54)59(51)50-29-15-23-40-18-9-12-26-46(40)50)49-31-30-42(34-55(49)60(56,2)3)47-27-13-21-38-16-7-10-24-44(38)47/h4-36H,1-3H3. The summed E-state index contributed by atoms with van der Waals surface area (Å²) < 4.78 is 0. The molecule has 282 valence electrons. The minimum Gasteiger partial charge on any atom is -0.0622 e. The zero-order valence-corrected chi connectivity index (χ0v) is 35.1. The van der Waals surface area contributed by atoms with Crippen molar-refractivity contribution in [1.29, 1.82) is 0 Å². The Hall–Kier alpha value is -7.06. The summed E-state index contributed by atoms with van der Waals surface area (Å²) in [6.07, 6.45) is 0. The predicted octanol–water partition coefficient (Wildman–Crippen LogP) is 15.2. The molecule has 0 fully saturated rings. The van der Waals surface area contributed by atoms with Gasteiger partial charge in [0.15, 0.2) is 0 Å². The molecule has 0 bridgehead atoms. The van der Waals surface area contributed by atoms with Gasteiger partial charge in [0.25, 0.3) is 0 Å². The van der Waals surface area contributed by atoms with E-state index < -0.39 is 8.07 Å². The van der Waals surface area contributed by atoms with Crippen LogP contribution in [0.4, 0.5) is 0 Å². The summed E-state index contributed by atoms with van der Waals surface area (Å²) in [6, 6.07) is 75.3. The van der Waals surface area contributed by atoms with Gasteiger partial charge in [-0.3, -0.25) is 0 Å². The Labute approximate surface area is 352 Å². The second kappa shape index (κ2) is 13.2. The quantitative estimate of drug-likeness (QED) is 0.123. The summed E-state index contributed by atoms with van der Waals surface area (Å²) in [5.74, 6) is 0. The smallest absolute Gasteiger partial charge is 0.0622 e. The fourth-order valence-electron chi connectivity index (χ4n) is 10.8. The summed E-state index contributed by atoms with van der Waals surface area (Å²) in [6.45, 7) is 7.49. The van der Waals surface area contributed by atoms with Gasteiger partial charge in [-0.05, 0) is 138 Å². The van der Waals surface area contributed by atoms with E-state index in [1.807, 2.05) is 0 Å². The van der Waals surface area contributed by atoms with Crippen molar-refractivity contribution in [1.82, 2.24) is 0 Å². The zero-order valence-electron chi connectivity index (χ0n) is 34.1. The van der Waals surface area contributed by atoms with Gasteiger partial charge in [0.05, 0.1) is 0 Å². The molecule has 1 heteroatoms. The minimum absolute atomic E-state index is 1.25. The van der Waals surface area contributed by atoms with Crippen LogP contribution >= 0.6 is 0 Å². The molecule has 0 saturated carbocycles. The predicted molar refractivity (Wildman–Crippen MR) is 263 cm³/mol. The summed E-state index contributed by atoms with van der Waals surface area (Å²) in [4.78, 5) is 0. The fourth-order valence-corrected chi connectivity index (χ4v) is 13.8. The molecule has 0 nitrogen and oxygen atoms in total. The highest BCUT2D eigenvalue weighted by atomic mass is 28.3. The van der Waals surface area contributed by atoms with Crippen molar-refractivity contribution in [3.05, 3.63) is 206 Å². The second-order valence-electron chi connectivity index (χ2n) is 17.2. The third kappa shape index (κ3) is 5.09. The van der Waals surface area contributed by atoms with Crippen LogP contribution in [0.15, 0.2) is 200 Å². The van der Waals surface area contributed by atoms with Crippen molar-refractivity contribution in [2.45, 2.75) is 20.0 Å². The largest absolute Gasteiger partial charge is 0.113 e. The number of benzene rings is 11. The van der Waals surface area contributed by atoms with Gasteiger partial charge in [0.2, 0.25) is 0 Å². The van der Waals surface area contributed by atoms with E-state index in [4.69, 9.17) is 0 Å². The number of hydrogen-bond donors (Lipinski definition) is 0. The molecule has 0 atom stereocenters. The van der Waals surface area contributed by atoms with E-state index in [0.29, 0.717) is 0 Å². The van der Waals surface area contributed by atoms with E-state index in [2.05, 4.69) is 220 Å². The van der Waals surface area contributed by atoms with Crippen LogP contribution in [0.5, 0.6) is 0 Å². The molecule has 0 saturated heterocycles. The lowest BCUT2D eigenvalue weighted by Gasteiger charge is -2.24. The van der Waals surface area contributed by atoms with E-state index in [0.717, 1.165) is 0 Å². The normalized spacial score (nSPS) is 13.1. The third-order valence-electron chi connectivity index (χ3n) is 13.6. The van der Waals surface area contributed by atoms with Crippen molar-refractivity contribution < 1.29 is 0 Å². The van der Waals surface area contributed by atoms with Gasteiger partial charge in [-0.25, -0.2) is 0 Å². The van der Waals surface area contributed by atoms with Gasteiger partial charge in [-0.15, -0.1) is 0 Å². The maximum Gasteiger partial charge on any atom is 0.113 e. The molecule has 0 aromatic heterocycles. The van der Waals surface area contributed by atoms with Crippen molar-refractivity contribution in [3.63, 3.8) is 0 Å². The van der Waals surface area contributed by atoms with Crippen molar-refractivity contribution in [3.8, 4) is 55.6 Å². The van der Waals surface area contributed by atoms with Gasteiger partial charge < -0.3 is 0 Å². The van der Waals surface area contributed by atoms with E-state index in [1.165, 1.54) is 125 Å². The van der Waals surface area contributed by atoms with Crippen LogP contribution in [0.25, 0.3) is 109 Å². The minimum atomic E-state index is -2.17. The summed E-state index contributed by atoms with van der Waals surface area (Å²) >= 11 is 0. The first-order valence-electron chi connectivity index (χ1n) is 21.2. The molecule has 0 amide bonds. The van der Waals surface area contributed by atoms with E-state index >= 15 is 0 Å². The molecule has 11 aromatic rings. The Morgan fingerprint density at radius 1 is 0.300 bits per heavy atom. The summed E-state index contributed by atoms with van der Waals surface area (Å²) in [7, 11) is -2.17. The highest BCUT2D eigenvalue weighted by molar-refractivity contribution is 7.04. The van der Waals surface area contributed by atoms with Crippen LogP contribution in [0.1, 0.15) is 5.56 Å². The van der Waals surface area contributed by atoms with Gasteiger partial charge in [-0.1, -0.05) is 207 Å². The highest BCUT2D eigenvalue weighted by Crippen LogP contribution is 2.50. The Balaban J connectivity index is 1.21. The SMILES string of the molecule is Cc1c(-c2cccc3ccccc23)ccc2c(-c3cccc4ccccc34)c3cc4c(cc3c(-c3ccccc3)c12)[Si](C)(C)c1cc(-c2cccc3ccccc23)ccc1-4. The van der Waals surface area contributed by atoms with Gasteiger partial charge in [0, 0.05) is 0 Å². The van der Waals surface area contributed by atoms with Crippen molar-refractivity contribution >= 4 is 72.3 Å². The molecule has 12 rings (SSSR count). The summed E-state index contributed by atoms with van der Waals surface area (Å²) in [5, 5.41) is 16.0. The average Bonchev–Trinajstić information content (AvgIpc) is 3.51. The van der Waals surface area contributed by atoms with Gasteiger partial charge >= 0.3 is 0 Å². The first-order chi connectivity index (χ1) is 29.5. The molecule has 1 aliphatic rings. The topological polar surface area (TPSA) is 0 Å². The van der Waals surface area contributed by atoms with Crippen LogP contribution < -0.4 is 10.4 Å². The molecular formula is C59H42Si. The lowest BCUT2D eigenvalue weighted by Crippen LogP contribution is -2.49. The van der Waals surface area contributed by atoms with Crippen LogP contribution in [0.2, 0.25) is 13.1 Å². The molecule has 0 N–H and O–H groups in total. The van der Waals surface area contributed by atoms with E-state index in [1.54, 1.807) is 0 Å². The molecular weight excluding hydrogens is 737 g/mol. The number of hydrogen-bond acceptors (Lipinski definition) is 0. The third-order valence-corrected chi connectivity index (χ3v) is 17.2. The van der Waals surface area contributed by atoms with Crippen LogP contribution in [-0.2, 0) is 0 Å². The molecule has 1 aliphatic heterocycles. The lowest BCUT2D eigenvalue weighted by atomic mass is 9.80. The number of aryl methyl sites for hydroxylation is 1. The first-order valence-corrected chi connectivity index (χ1v) is 24.2. The van der Waals surface area contributed by atoms with Gasteiger partial charge in [0.1, 0.15) is 8.07 Å². The van der Waals surface area contributed by atoms with Crippen LogP contribution in [0.3, 0.4) is 0 Å². The Morgan fingerprint density at radius 2 is 0.817 bits per heavy atom. The maximum atomic E-state index is 2.63. The zero-order chi connectivity index (χ0) is 40.1. The first kappa shape index (κ1) is 34.9. The molecule has 0 spiro atoms. The molecule has 11 aromatic carbocycles. The van der Waals surface area contributed by atoms with Crippen molar-refractivity contribution in [2.75, 3.05) is 0 Å². The molecule has 0 radical (unpaired) electrons. The molecule has 0 unspecified atom stereocenters. The fraction of sp³-hybridized carbons (Fsp3) is 0.0508. The average molecular weight is 779 g/mol. The van der Waals surface area contributed by atoms with Crippen molar-refractivity contribution in [2.24, 2.45) is 0 Å². The van der Waals surface area contributed by atoms with Crippen LogP contribution in [0, 0.1) is 6.92 Å². The monoisotopic (exact) mass is 778 g/mol. The lowest BCUT2D eigenvalue weighted by molar-refractivity contribution is 1.52. The molecule has 0 aliphatic carbocycles. The van der Waals surface area contributed by atoms with E-state index in [9.17, 15) is 0 Å². The molecule has 1 heterocycles. The second-order valence-corrected chi connectivity index (χ2v) is 21.5. The number of fused-ring (bicyclic) bond motifs is 8. The maximum absolute atomic E-state index is 2.63. The Kier molecular flexibility index (Phi) is 7.70.